The van der Waals surface area contributed by atoms with Crippen molar-refractivity contribution < 1.29 is 28.2 Å². The van der Waals surface area contributed by atoms with E-state index in [2.05, 4.69) is 0 Å². The van der Waals surface area contributed by atoms with E-state index in [1.54, 1.807) is 36.4 Å². The minimum Gasteiger partial charge on any atom is -0.493 e. The minimum atomic E-state index is -0.387. The smallest absolute Gasteiger partial charge is 0.293 e. The molecule has 3 aromatic rings. The first-order valence-corrected chi connectivity index (χ1v) is 12.2. The normalized spacial score (nSPS) is 14.4. The van der Waals surface area contributed by atoms with Gasteiger partial charge in [-0.15, -0.1) is 0 Å². The molecule has 0 aliphatic carbocycles. The first-order valence-electron chi connectivity index (χ1n) is 11.4. The zero-order valence-electron chi connectivity index (χ0n) is 20.2. The molecular weight excluding hydrogens is 481 g/mol. The number of rotatable bonds is 9. The van der Waals surface area contributed by atoms with Crippen LogP contribution in [0.4, 0.5) is 9.18 Å². The van der Waals surface area contributed by atoms with E-state index in [-0.39, 0.29) is 41.6 Å². The lowest BCUT2D eigenvalue weighted by molar-refractivity contribution is -0.123. The molecule has 0 unspecified atom stereocenters. The number of methoxy groups -OCH3 is 1. The Kier molecular flexibility index (Phi) is 7.95. The van der Waals surface area contributed by atoms with Gasteiger partial charge in [-0.25, -0.2) is 4.39 Å². The fourth-order valence-electron chi connectivity index (χ4n) is 3.64. The van der Waals surface area contributed by atoms with Crippen LogP contribution in [0, 0.1) is 19.7 Å². The second-order valence-electron chi connectivity index (χ2n) is 8.24. The standard InChI is InChI=1S/C28H26FNO5S/c1-18-7-8-19(2)24(15-18)34-14-13-30-27(31)25(36-28(30)32)16-21-5-4-6-23(33-3)26(21)35-17-20-9-11-22(29)12-10-20/h4-12,15-16H,13-14,17H2,1-3H3/b25-16-. The molecule has 1 aliphatic heterocycles. The van der Waals surface area contributed by atoms with Gasteiger partial charge in [0.1, 0.15) is 24.8 Å². The third-order valence-corrected chi connectivity index (χ3v) is 6.51. The van der Waals surface area contributed by atoms with Gasteiger partial charge in [-0.1, -0.05) is 36.4 Å². The van der Waals surface area contributed by atoms with Gasteiger partial charge >= 0.3 is 0 Å². The van der Waals surface area contributed by atoms with Crippen molar-refractivity contribution in [2.24, 2.45) is 0 Å². The highest BCUT2D eigenvalue weighted by atomic mass is 32.2. The van der Waals surface area contributed by atoms with Crippen LogP contribution in [0.3, 0.4) is 0 Å². The lowest BCUT2D eigenvalue weighted by Crippen LogP contribution is -2.32. The molecule has 2 amide bonds. The highest BCUT2D eigenvalue weighted by molar-refractivity contribution is 8.18. The topological polar surface area (TPSA) is 65.1 Å². The molecule has 6 nitrogen and oxygen atoms in total. The zero-order chi connectivity index (χ0) is 25.7. The molecule has 0 atom stereocenters. The van der Waals surface area contributed by atoms with Crippen LogP contribution >= 0.6 is 11.8 Å². The second kappa shape index (κ2) is 11.3. The number of halogens is 1. The monoisotopic (exact) mass is 507 g/mol. The summed E-state index contributed by atoms with van der Waals surface area (Å²) < 4.78 is 30.5. The van der Waals surface area contributed by atoms with Crippen molar-refractivity contribution in [3.8, 4) is 17.2 Å². The van der Waals surface area contributed by atoms with E-state index in [0.717, 1.165) is 34.2 Å². The molecular formula is C28H26FNO5S. The summed E-state index contributed by atoms with van der Waals surface area (Å²) >= 11 is 0.872. The molecule has 4 rings (SSSR count). The van der Waals surface area contributed by atoms with Gasteiger partial charge in [0.15, 0.2) is 11.5 Å². The van der Waals surface area contributed by atoms with E-state index in [0.29, 0.717) is 17.1 Å². The molecule has 8 heteroatoms. The molecule has 0 saturated carbocycles. The molecule has 0 spiro atoms. The van der Waals surface area contributed by atoms with E-state index in [1.807, 2.05) is 32.0 Å². The Morgan fingerprint density at radius 1 is 0.972 bits per heavy atom. The quantitative estimate of drug-likeness (QED) is 0.324. The summed E-state index contributed by atoms with van der Waals surface area (Å²) in [6.07, 6.45) is 1.62. The first kappa shape index (κ1) is 25.3. The number of thioether (sulfide) groups is 1. The summed E-state index contributed by atoms with van der Waals surface area (Å²) in [5.74, 6) is 0.923. The van der Waals surface area contributed by atoms with Crippen LogP contribution in [0.25, 0.3) is 6.08 Å². The van der Waals surface area contributed by atoms with Crippen LogP contribution in [0.15, 0.2) is 65.6 Å². The van der Waals surface area contributed by atoms with Crippen molar-refractivity contribution in [2.45, 2.75) is 20.5 Å². The van der Waals surface area contributed by atoms with Crippen molar-refractivity contribution in [3.05, 3.63) is 93.6 Å². The van der Waals surface area contributed by atoms with Gasteiger partial charge in [0.2, 0.25) is 0 Å². The molecule has 0 bridgehead atoms. The number of ether oxygens (including phenoxy) is 3. The molecule has 1 aliphatic rings. The fourth-order valence-corrected chi connectivity index (χ4v) is 4.50. The molecule has 3 aromatic carbocycles. The third-order valence-electron chi connectivity index (χ3n) is 5.60. The number of aryl methyl sites for hydroxylation is 2. The molecule has 186 valence electrons. The molecule has 0 N–H and O–H groups in total. The Hall–Kier alpha value is -3.78. The van der Waals surface area contributed by atoms with Gasteiger partial charge in [0.25, 0.3) is 11.1 Å². The van der Waals surface area contributed by atoms with Gasteiger partial charge < -0.3 is 14.2 Å². The van der Waals surface area contributed by atoms with Crippen LogP contribution in [0.2, 0.25) is 0 Å². The van der Waals surface area contributed by atoms with Gasteiger partial charge in [-0.05, 0) is 72.6 Å². The number of benzene rings is 3. The maximum absolute atomic E-state index is 13.2. The summed E-state index contributed by atoms with van der Waals surface area (Å²) in [6, 6.07) is 17.2. The highest BCUT2D eigenvalue weighted by Gasteiger charge is 2.35. The van der Waals surface area contributed by atoms with Gasteiger partial charge in [0, 0.05) is 5.56 Å². The number of imide groups is 1. The molecule has 0 radical (unpaired) electrons. The number of carbonyl (C=O) groups is 2. The third kappa shape index (κ3) is 5.88. The summed E-state index contributed by atoms with van der Waals surface area (Å²) in [6.45, 7) is 4.44. The molecule has 0 aromatic heterocycles. The molecule has 1 heterocycles. The van der Waals surface area contributed by atoms with Gasteiger partial charge in [-0.2, -0.15) is 0 Å². The Morgan fingerprint density at radius 2 is 1.75 bits per heavy atom. The van der Waals surface area contributed by atoms with Crippen molar-refractivity contribution >= 4 is 29.0 Å². The lowest BCUT2D eigenvalue weighted by atomic mass is 10.1. The molecule has 36 heavy (non-hydrogen) atoms. The SMILES string of the molecule is COc1cccc(/C=C2\SC(=O)N(CCOc3cc(C)ccc3C)C2=O)c1OCc1ccc(F)cc1. The summed E-state index contributed by atoms with van der Waals surface area (Å²) in [5, 5.41) is -0.354. The van der Waals surface area contributed by atoms with Gasteiger partial charge in [0.05, 0.1) is 18.6 Å². The van der Waals surface area contributed by atoms with Crippen molar-refractivity contribution in [3.63, 3.8) is 0 Å². The van der Waals surface area contributed by atoms with Crippen LogP contribution in [-0.2, 0) is 11.4 Å². The van der Waals surface area contributed by atoms with Crippen molar-refractivity contribution in [2.75, 3.05) is 20.3 Å². The number of amides is 2. The maximum Gasteiger partial charge on any atom is 0.293 e. The Bertz CT molecular complexity index is 1310. The Labute approximate surface area is 213 Å². The van der Waals surface area contributed by atoms with Crippen molar-refractivity contribution in [1.29, 1.82) is 0 Å². The van der Waals surface area contributed by atoms with Crippen LogP contribution in [0.5, 0.6) is 17.2 Å². The van der Waals surface area contributed by atoms with Crippen molar-refractivity contribution in [1.82, 2.24) is 4.90 Å². The van der Waals surface area contributed by atoms with Crippen LogP contribution in [0.1, 0.15) is 22.3 Å². The first-order chi connectivity index (χ1) is 17.4. The second-order valence-corrected chi connectivity index (χ2v) is 9.24. The fraction of sp³-hybridized carbons (Fsp3) is 0.214. The Morgan fingerprint density at radius 3 is 2.50 bits per heavy atom. The number of hydrogen-bond donors (Lipinski definition) is 0. The number of nitrogens with zero attached hydrogens (tertiary/aromatic N) is 1. The van der Waals surface area contributed by atoms with Crippen LogP contribution < -0.4 is 14.2 Å². The molecule has 1 fully saturated rings. The van der Waals surface area contributed by atoms with E-state index in [1.165, 1.54) is 24.1 Å². The zero-order valence-corrected chi connectivity index (χ0v) is 21.1. The maximum atomic E-state index is 13.2. The van der Waals surface area contributed by atoms with Crippen LogP contribution in [-0.4, -0.2) is 36.3 Å². The van der Waals surface area contributed by atoms with E-state index < -0.39 is 0 Å². The average molecular weight is 508 g/mol. The predicted octanol–water partition coefficient (Wildman–Crippen LogP) is 6.15. The summed E-state index contributed by atoms with van der Waals surface area (Å²) in [4.78, 5) is 27.1. The number of carbonyl (C=O) groups excluding carboxylic acids is 2. The number of para-hydroxylation sites is 1. The van der Waals surface area contributed by atoms with E-state index >= 15 is 0 Å². The molecule has 1 saturated heterocycles. The lowest BCUT2D eigenvalue weighted by Gasteiger charge is -2.15. The van der Waals surface area contributed by atoms with E-state index in [4.69, 9.17) is 14.2 Å². The number of hydrogen-bond acceptors (Lipinski definition) is 6. The van der Waals surface area contributed by atoms with E-state index in [9.17, 15) is 14.0 Å². The predicted molar refractivity (Wildman–Crippen MR) is 138 cm³/mol. The summed E-state index contributed by atoms with van der Waals surface area (Å²) in [5.41, 5.74) is 3.42. The average Bonchev–Trinajstić information content (AvgIpc) is 3.13. The summed E-state index contributed by atoms with van der Waals surface area (Å²) in [7, 11) is 1.52. The minimum absolute atomic E-state index is 0.140. The van der Waals surface area contributed by atoms with Gasteiger partial charge in [-0.3, -0.25) is 14.5 Å². The largest absolute Gasteiger partial charge is 0.493 e. The Balaban J connectivity index is 1.48. The highest BCUT2D eigenvalue weighted by Crippen LogP contribution is 2.37.